The summed E-state index contributed by atoms with van der Waals surface area (Å²) in [6.07, 6.45) is -0.735. The zero-order valence-electron chi connectivity index (χ0n) is 13.6. The molecule has 4 nitrogen and oxygen atoms in total. The molecule has 0 radical (unpaired) electrons. The highest BCUT2D eigenvalue weighted by molar-refractivity contribution is 6.34. The lowest BCUT2D eigenvalue weighted by Gasteiger charge is -2.14. The molecular formula is C17H17ClF3N3O. The molecule has 0 saturated carbocycles. The Hall–Kier alpha value is -2.28. The predicted octanol–water partition coefficient (Wildman–Crippen LogP) is 5.22. The van der Waals surface area contributed by atoms with Crippen LogP contribution in [0.1, 0.15) is 36.2 Å². The van der Waals surface area contributed by atoms with Crippen molar-refractivity contribution in [3.05, 3.63) is 52.8 Å². The van der Waals surface area contributed by atoms with Crippen LogP contribution >= 0.6 is 11.6 Å². The molecule has 1 atom stereocenters. The van der Waals surface area contributed by atoms with Crippen LogP contribution in [0.15, 0.2) is 36.7 Å². The van der Waals surface area contributed by atoms with Gasteiger partial charge in [0.15, 0.2) is 0 Å². The molecule has 2 rings (SSSR count). The Labute approximate surface area is 148 Å². The van der Waals surface area contributed by atoms with Gasteiger partial charge in [-0.05, 0) is 37.6 Å². The first kappa shape index (κ1) is 19.1. The molecule has 0 spiro atoms. The van der Waals surface area contributed by atoms with Gasteiger partial charge in [0.25, 0.3) is 5.91 Å². The quantitative estimate of drug-likeness (QED) is 0.758. The van der Waals surface area contributed by atoms with E-state index in [-0.39, 0.29) is 22.3 Å². The molecule has 0 fully saturated rings. The Balaban J connectivity index is 2.21. The van der Waals surface area contributed by atoms with Gasteiger partial charge in [-0.2, -0.15) is 13.2 Å². The molecule has 25 heavy (non-hydrogen) atoms. The number of carbonyl (C=O) groups excluding carboxylic acids is 1. The average molecular weight is 372 g/mol. The summed E-state index contributed by atoms with van der Waals surface area (Å²) >= 11 is 5.89. The lowest BCUT2D eigenvalue weighted by atomic mass is 10.1. The molecule has 1 aromatic carbocycles. The van der Waals surface area contributed by atoms with Crippen molar-refractivity contribution in [3.63, 3.8) is 0 Å². The number of benzene rings is 1. The minimum atomic E-state index is -4.52. The SMILES string of the molecule is CCC(C)Nc1cncc(C(=O)Nc2cc(C(F)(F)F)ccc2Cl)c1. The van der Waals surface area contributed by atoms with Crippen molar-refractivity contribution in [1.82, 2.24) is 4.98 Å². The smallest absolute Gasteiger partial charge is 0.381 e. The van der Waals surface area contributed by atoms with Crippen molar-refractivity contribution >= 4 is 28.9 Å². The third kappa shape index (κ3) is 5.09. The van der Waals surface area contributed by atoms with Crippen LogP contribution in [-0.4, -0.2) is 16.9 Å². The number of nitrogens with one attached hydrogen (secondary N) is 2. The molecule has 1 unspecified atom stereocenters. The summed E-state index contributed by atoms with van der Waals surface area (Å²) < 4.78 is 38.4. The largest absolute Gasteiger partial charge is 0.416 e. The monoisotopic (exact) mass is 371 g/mol. The van der Waals surface area contributed by atoms with E-state index in [9.17, 15) is 18.0 Å². The summed E-state index contributed by atoms with van der Waals surface area (Å²) in [4.78, 5) is 16.3. The van der Waals surface area contributed by atoms with E-state index in [1.54, 1.807) is 12.3 Å². The number of anilines is 2. The van der Waals surface area contributed by atoms with E-state index in [0.717, 1.165) is 24.6 Å². The van der Waals surface area contributed by atoms with Crippen molar-refractivity contribution in [1.29, 1.82) is 0 Å². The second-order valence-electron chi connectivity index (χ2n) is 5.56. The maximum absolute atomic E-state index is 12.8. The second-order valence-corrected chi connectivity index (χ2v) is 5.97. The minimum absolute atomic E-state index is 0.0168. The van der Waals surface area contributed by atoms with Gasteiger partial charge in [-0.3, -0.25) is 9.78 Å². The summed E-state index contributed by atoms with van der Waals surface area (Å²) in [5.74, 6) is -0.596. The zero-order chi connectivity index (χ0) is 18.6. The van der Waals surface area contributed by atoms with Crippen LogP contribution in [0.5, 0.6) is 0 Å². The number of carbonyl (C=O) groups is 1. The maximum Gasteiger partial charge on any atom is 0.416 e. The topological polar surface area (TPSA) is 54.0 Å². The fourth-order valence-corrected chi connectivity index (χ4v) is 2.19. The molecular weight excluding hydrogens is 355 g/mol. The first-order chi connectivity index (χ1) is 11.7. The summed E-state index contributed by atoms with van der Waals surface area (Å²) in [7, 11) is 0. The van der Waals surface area contributed by atoms with E-state index in [1.807, 2.05) is 13.8 Å². The Bertz CT molecular complexity index is 765. The van der Waals surface area contributed by atoms with Crippen LogP contribution in [0.25, 0.3) is 0 Å². The van der Waals surface area contributed by atoms with E-state index in [0.29, 0.717) is 5.69 Å². The summed E-state index contributed by atoms with van der Waals surface area (Å²) in [6.45, 7) is 3.99. The van der Waals surface area contributed by atoms with Crippen LogP contribution in [0.3, 0.4) is 0 Å². The van der Waals surface area contributed by atoms with Gasteiger partial charge in [-0.1, -0.05) is 18.5 Å². The van der Waals surface area contributed by atoms with Crippen LogP contribution in [0, 0.1) is 0 Å². The van der Waals surface area contributed by atoms with E-state index in [4.69, 9.17) is 11.6 Å². The van der Waals surface area contributed by atoms with E-state index >= 15 is 0 Å². The normalized spacial score (nSPS) is 12.6. The maximum atomic E-state index is 12.8. The predicted molar refractivity (Wildman–Crippen MR) is 92.0 cm³/mol. The molecule has 134 valence electrons. The van der Waals surface area contributed by atoms with Crippen molar-refractivity contribution in [2.24, 2.45) is 0 Å². The van der Waals surface area contributed by atoms with Crippen molar-refractivity contribution < 1.29 is 18.0 Å². The zero-order valence-corrected chi connectivity index (χ0v) is 14.4. The first-order valence-electron chi connectivity index (χ1n) is 7.60. The lowest BCUT2D eigenvalue weighted by Crippen LogP contribution is -2.16. The van der Waals surface area contributed by atoms with Crippen LogP contribution in [-0.2, 0) is 6.18 Å². The van der Waals surface area contributed by atoms with E-state index in [2.05, 4.69) is 15.6 Å². The van der Waals surface area contributed by atoms with Crippen molar-refractivity contribution in [2.45, 2.75) is 32.5 Å². The molecule has 1 amide bonds. The molecule has 0 aliphatic carbocycles. The number of hydrogen-bond acceptors (Lipinski definition) is 3. The number of alkyl halides is 3. The third-order valence-corrected chi connectivity index (χ3v) is 3.90. The highest BCUT2D eigenvalue weighted by Gasteiger charge is 2.31. The van der Waals surface area contributed by atoms with Gasteiger partial charge in [0.05, 0.1) is 27.5 Å². The van der Waals surface area contributed by atoms with Crippen LogP contribution in [0.4, 0.5) is 24.5 Å². The summed E-state index contributed by atoms with van der Waals surface area (Å²) in [5.41, 5.74) is -0.141. The molecule has 8 heteroatoms. The van der Waals surface area contributed by atoms with Gasteiger partial charge in [-0.25, -0.2) is 0 Å². The highest BCUT2D eigenvalue weighted by atomic mass is 35.5. The fourth-order valence-electron chi connectivity index (χ4n) is 2.02. The van der Waals surface area contributed by atoms with E-state index in [1.165, 1.54) is 6.20 Å². The number of halogens is 4. The Morgan fingerprint density at radius 3 is 2.64 bits per heavy atom. The number of hydrogen-bond donors (Lipinski definition) is 2. The first-order valence-corrected chi connectivity index (χ1v) is 7.98. The highest BCUT2D eigenvalue weighted by Crippen LogP contribution is 2.34. The molecule has 0 aliphatic heterocycles. The second kappa shape index (κ2) is 7.74. The van der Waals surface area contributed by atoms with Crippen LogP contribution in [0.2, 0.25) is 5.02 Å². The van der Waals surface area contributed by atoms with Gasteiger partial charge in [0, 0.05) is 18.4 Å². The molecule has 0 aliphatic rings. The minimum Gasteiger partial charge on any atom is -0.381 e. The third-order valence-electron chi connectivity index (χ3n) is 3.57. The van der Waals surface area contributed by atoms with Gasteiger partial charge in [0.1, 0.15) is 0 Å². The number of nitrogens with zero attached hydrogens (tertiary/aromatic N) is 1. The average Bonchev–Trinajstić information content (AvgIpc) is 2.55. The van der Waals surface area contributed by atoms with Crippen molar-refractivity contribution in [3.8, 4) is 0 Å². The molecule has 2 N–H and O–H groups in total. The Morgan fingerprint density at radius 2 is 2.00 bits per heavy atom. The molecule has 0 bridgehead atoms. The standard InChI is InChI=1S/C17H17ClF3N3O/c1-3-10(2)23-13-6-11(8-22-9-13)16(25)24-15-7-12(17(19,20)21)4-5-14(15)18/h4-10,23H,3H2,1-2H3,(H,24,25). The molecule has 2 aromatic rings. The van der Waals surface area contributed by atoms with Gasteiger partial charge in [-0.15, -0.1) is 0 Å². The summed E-state index contributed by atoms with van der Waals surface area (Å²) in [6, 6.07) is 4.53. The lowest BCUT2D eigenvalue weighted by molar-refractivity contribution is -0.137. The van der Waals surface area contributed by atoms with Gasteiger partial charge in [0.2, 0.25) is 0 Å². The Morgan fingerprint density at radius 1 is 1.28 bits per heavy atom. The van der Waals surface area contributed by atoms with E-state index < -0.39 is 17.6 Å². The molecule has 1 heterocycles. The molecule has 1 aromatic heterocycles. The summed E-state index contributed by atoms with van der Waals surface area (Å²) in [5, 5.41) is 5.59. The number of amides is 1. The van der Waals surface area contributed by atoms with Gasteiger partial charge >= 0.3 is 6.18 Å². The Kier molecular flexibility index (Phi) is 5.89. The van der Waals surface area contributed by atoms with Crippen molar-refractivity contribution in [2.75, 3.05) is 10.6 Å². The van der Waals surface area contributed by atoms with Crippen LogP contribution < -0.4 is 10.6 Å². The molecule has 0 saturated heterocycles. The number of pyridine rings is 1. The van der Waals surface area contributed by atoms with Gasteiger partial charge < -0.3 is 10.6 Å². The number of aromatic nitrogens is 1. The number of rotatable bonds is 5. The fraction of sp³-hybridized carbons (Fsp3) is 0.294.